The molecule has 0 N–H and O–H groups in total. The molecular formula is C20H38O4Si3. The second-order valence-corrected chi connectivity index (χ2v) is 21.5. The van der Waals surface area contributed by atoms with Crippen LogP contribution in [0.4, 0.5) is 0 Å². The monoisotopic (exact) mass is 426 g/mol. The molecule has 1 aromatic carbocycles. The van der Waals surface area contributed by atoms with E-state index in [0.29, 0.717) is 26.4 Å². The van der Waals surface area contributed by atoms with Crippen molar-refractivity contribution in [2.24, 2.45) is 0 Å². The third-order valence-electron chi connectivity index (χ3n) is 3.78. The molecule has 0 aliphatic heterocycles. The van der Waals surface area contributed by atoms with Gasteiger partial charge in [0.15, 0.2) is 16.6 Å². The first-order chi connectivity index (χ1) is 12.4. The summed E-state index contributed by atoms with van der Waals surface area (Å²) in [6.07, 6.45) is 1.84. The van der Waals surface area contributed by atoms with Crippen LogP contribution < -0.4 is 0 Å². The van der Waals surface area contributed by atoms with E-state index >= 15 is 0 Å². The summed E-state index contributed by atoms with van der Waals surface area (Å²) in [6.45, 7) is 21.8. The van der Waals surface area contributed by atoms with Crippen LogP contribution in [0, 0.1) is 0 Å². The first-order valence-corrected chi connectivity index (χ1v) is 19.0. The molecule has 0 atom stereocenters. The standard InChI is InChI=1S/C20H38O4Si3/c1-9-19-10-12-20(13-11-19)18-22-15-14-21-16-17-26(5,6)24-27(7,8)23-25(2,3)4/h9-13H,1,14-18H2,2-8H3. The zero-order valence-corrected chi connectivity index (χ0v) is 21.3. The lowest BCUT2D eigenvalue weighted by atomic mass is 10.1. The van der Waals surface area contributed by atoms with E-state index in [1.807, 2.05) is 18.2 Å². The molecule has 0 saturated carbocycles. The van der Waals surface area contributed by atoms with E-state index < -0.39 is 25.2 Å². The Morgan fingerprint density at radius 3 is 1.96 bits per heavy atom. The Morgan fingerprint density at radius 1 is 0.815 bits per heavy atom. The summed E-state index contributed by atoms with van der Waals surface area (Å²) in [5.41, 5.74) is 2.29. The molecule has 0 saturated heterocycles. The summed E-state index contributed by atoms with van der Waals surface area (Å²) in [4.78, 5) is 0. The van der Waals surface area contributed by atoms with Crippen molar-refractivity contribution in [2.45, 2.75) is 58.5 Å². The third kappa shape index (κ3) is 11.8. The first-order valence-electron chi connectivity index (χ1n) is 9.70. The van der Waals surface area contributed by atoms with Crippen LogP contribution in [0.15, 0.2) is 30.8 Å². The van der Waals surface area contributed by atoms with Crippen molar-refractivity contribution >= 4 is 31.3 Å². The van der Waals surface area contributed by atoms with Gasteiger partial charge < -0.3 is 17.7 Å². The fraction of sp³-hybridized carbons (Fsp3) is 0.600. The van der Waals surface area contributed by atoms with Crippen LogP contribution in [-0.2, 0) is 24.3 Å². The van der Waals surface area contributed by atoms with Gasteiger partial charge >= 0.3 is 8.56 Å². The largest absolute Gasteiger partial charge is 0.437 e. The highest BCUT2D eigenvalue weighted by Crippen LogP contribution is 2.22. The topological polar surface area (TPSA) is 36.9 Å². The van der Waals surface area contributed by atoms with Crippen LogP contribution in [-0.4, -0.2) is 45.0 Å². The number of ether oxygens (including phenoxy) is 2. The molecule has 0 heterocycles. The fourth-order valence-electron chi connectivity index (χ4n) is 2.95. The Bertz CT molecular complexity index is 566. The molecule has 4 nitrogen and oxygen atoms in total. The summed E-state index contributed by atoms with van der Waals surface area (Å²) in [5, 5.41) is 0. The van der Waals surface area contributed by atoms with E-state index in [0.717, 1.165) is 17.2 Å². The first kappa shape index (κ1) is 24.5. The van der Waals surface area contributed by atoms with Gasteiger partial charge in [0.1, 0.15) is 0 Å². The van der Waals surface area contributed by atoms with E-state index in [-0.39, 0.29) is 0 Å². The molecule has 154 valence electrons. The van der Waals surface area contributed by atoms with Crippen LogP contribution in [0.3, 0.4) is 0 Å². The van der Waals surface area contributed by atoms with Crippen LogP contribution in [0.25, 0.3) is 6.08 Å². The summed E-state index contributed by atoms with van der Waals surface area (Å²) in [5.74, 6) is 0. The van der Waals surface area contributed by atoms with E-state index in [2.05, 4.69) is 64.5 Å². The maximum atomic E-state index is 6.48. The average molecular weight is 427 g/mol. The van der Waals surface area contributed by atoms with Crippen molar-refractivity contribution in [3.05, 3.63) is 42.0 Å². The molecule has 7 heteroatoms. The third-order valence-corrected chi connectivity index (χ3v) is 13.8. The van der Waals surface area contributed by atoms with Gasteiger partial charge in [-0.15, -0.1) is 0 Å². The van der Waals surface area contributed by atoms with E-state index in [1.54, 1.807) is 0 Å². The quantitative estimate of drug-likeness (QED) is 0.302. The minimum atomic E-state index is -2.06. The Morgan fingerprint density at radius 2 is 1.41 bits per heavy atom. The molecule has 0 aliphatic carbocycles. The fourth-order valence-corrected chi connectivity index (χ4v) is 15.8. The molecule has 0 radical (unpaired) electrons. The molecular weight excluding hydrogens is 388 g/mol. The zero-order valence-electron chi connectivity index (χ0n) is 18.3. The van der Waals surface area contributed by atoms with Crippen molar-refractivity contribution in [3.63, 3.8) is 0 Å². The van der Waals surface area contributed by atoms with Gasteiger partial charge in [0.2, 0.25) is 0 Å². The second kappa shape index (κ2) is 10.8. The van der Waals surface area contributed by atoms with Gasteiger partial charge in [-0.1, -0.05) is 36.9 Å². The van der Waals surface area contributed by atoms with Crippen molar-refractivity contribution in [1.82, 2.24) is 0 Å². The molecule has 0 amide bonds. The summed E-state index contributed by atoms with van der Waals surface area (Å²) >= 11 is 0. The van der Waals surface area contributed by atoms with Gasteiger partial charge in [0.05, 0.1) is 19.8 Å². The van der Waals surface area contributed by atoms with E-state index in [9.17, 15) is 0 Å². The number of benzene rings is 1. The molecule has 0 spiro atoms. The van der Waals surface area contributed by atoms with Gasteiger partial charge in [-0.25, -0.2) is 0 Å². The molecule has 1 aromatic rings. The summed E-state index contributed by atoms with van der Waals surface area (Å²) in [6, 6.07) is 9.20. The van der Waals surface area contributed by atoms with Crippen molar-refractivity contribution in [1.29, 1.82) is 0 Å². The van der Waals surface area contributed by atoms with Crippen LogP contribution >= 0.6 is 0 Å². The second-order valence-electron chi connectivity index (χ2n) is 8.84. The van der Waals surface area contributed by atoms with Gasteiger partial charge in [-0.3, -0.25) is 0 Å². The molecule has 0 unspecified atom stereocenters. The highest BCUT2D eigenvalue weighted by molar-refractivity contribution is 6.87. The molecule has 0 aromatic heterocycles. The highest BCUT2D eigenvalue weighted by atomic mass is 28.5. The maximum absolute atomic E-state index is 6.48. The van der Waals surface area contributed by atoms with Crippen molar-refractivity contribution < 1.29 is 17.7 Å². The maximum Gasteiger partial charge on any atom is 0.311 e. The molecule has 27 heavy (non-hydrogen) atoms. The molecule has 0 aliphatic rings. The molecule has 0 bridgehead atoms. The number of hydrogen-bond donors (Lipinski definition) is 0. The lowest BCUT2D eigenvalue weighted by molar-refractivity contribution is 0.0445. The Balaban J connectivity index is 2.19. The Labute approximate surface area is 169 Å². The average Bonchev–Trinajstić information content (AvgIpc) is 2.51. The van der Waals surface area contributed by atoms with Gasteiger partial charge in [0, 0.05) is 6.61 Å². The Hall–Kier alpha value is -0.549. The normalized spacial score (nSPS) is 13.0. The zero-order chi connectivity index (χ0) is 20.6. The van der Waals surface area contributed by atoms with Gasteiger partial charge in [-0.2, -0.15) is 0 Å². The Kier molecular flexibility index (Phi) is 9.84. The minimum Gasteiger partial charge on any atom is -0.437 e. The van der Waals surface area contributed by atoms with Crippen LogP contribution in [0.2, 0.25) is 51.9 Å². The smallest absolute Gasteiger partial charge is 0.311 e. The number of rotatable bonds is 13. The predicted molar refractivity (Wildman–Crippen MR) is 122 cm³/mol. The van der Waals surface area contributed by atoms with Crippen molar-refractivity contribution in [2.75, 3.05) is 19.8 Å². The van der Waals surface area contributed by atoms with E-state index in [1.165, 1.54) is 0 Å². The molecule has 1 rings (SSSR count). The summed E-state index contributed by atoms with van der Waals surface area (Å²) in [7, 11) is -5.42. The lowest BCUT2D eigenvalue weighted by Crippen LogP contribution is -2.51. The molecule has 0 fully saturated rings. The number of hydrogen-bond acceptors (Lipinski definition) is 4. The summed E-state index contributed by atoms with van der Waals surface area (Å²) < 4.78 is 24.2. The minimum absolute atomic E-state index is 0.602. The van der Waals surface area contributed by atoms with Gasteiger partial charge in [-0.05, 0) is 63.0 Å². The van der Waals surface area contributed by atoms with Crippen LogP contribution in [0.1, 0.15) is 11.1 Å². The van der Waals surface area contributed by atoms with Crippen LogP contribution in [0.5, 0.6) is 0 Å². The van der Waals surface area contributed by atoms with E-state index in [4.69, 9.17) is 17.7 Å². The highest BCUT2D eigenvalue weighted by Gasteiger charge is 2.37. The van der Waals surface area contributed by atoms with Gasteiger partial charge in [0.25, 0.3) is 0 Å². The van der Waals surface area contributed by atoms with Crippen molar-refractivity contribution in [3.8, 4) is 0 Å². The SMILES string of the molecule is C=Cc1ccc(COCCOCC[Si](C)(C)O[Si](C)(C)O[Si](C)(C)C)cc1. The predicted octanol–water partition coefficient (Wildman–Crippen LogP) is 5.64. The lowest BCUT2D eigenvalue weighted by Gasteiger charge is -2.37.